The van der Waals surface area contributed by atoms with Gasteiger partial charge in [0.25, 0.3) is 5.56 Å². The normalized spacial score (nSPS) is 10.9. The number of rotatable bonds is 5. The molecule has 0 atom stereocenters. The summed E-state index contributed by atoms with van der Waals surface area (Å²) in [6.45, 7) is 4.63. The van der Waals surface area contributed by atoms with Gasteiger partial charge in [0.05, 0.1) is 12.5 Å². The van der Waals surface area contributed by atoms with Crippen molar-refractivity contribution in [1.29, 1.82) is 0 Å². The smallest absolute Gasteiger partial charge is 0.254 e. The minimum atomic E-state index is -0.194. The third kappa shape index (κ3) is 2.73. The molecule has 0 radical (unpaired) electrons. The van der Waals surface area contributed by atoms with Crippen molar-refractivity contribution in [3.63, 3.8) is 0 Å². The van der Waals surface area contributed by atoms with Gasteiger partial charge in [0.15, 0.2) is 5.82 Å². The van der Waals surface area contributed by atoms with Gasteiger partial charge in [-0.05, 0) is 13.3 Å². The molecule has 0 aliphatic heterocycles. The fraction of sp³-hybridized carbons (Fsp3) is 0.462. The van der Waals surface area contributed by atoms with Crippen LogP contribution in [0, 0.1) is 6.92 Å². The molecule has 2 heterocycles. The SMILES string of the molecule is CCCn1cncc1-c1nc(C)c(CCO)c(=O)[nH]1. The molecule has 0 aliphatic rings. The second-order valence-corrected chi connectivity index (χ2v) is 4.42. The Morgan fingerprint density at radius 2 is 2.26 bits per heavy atom. The van der Waals surface area contributed by atoms with Gasteiger partial charge in [-0.25, -0.2) is 9.97 Å². The highest BCUT2D eigenvalue weighted by Crippen LogP contribution is 2.14. The highest BCUT2D eigenvalue weighted by Gasteiger charge is 2.12. The Kier molecular flexibility index (Phi) is 4.11. The van der Waals surface area contributed by atoms with Crippen molar-refractivity contribution in [2.45, 2.75) is 33.2 Å². The van der Waals surface area contributed by atoms with Crippen LogP contribution in [0.15, 0.2) is 17.3 Å². The summed E-state index contributed by atoms with van der Waals surface area (Å²) in [5.74, 6) is 0.523. The van der Waals surface area contributed by atoms with Crippen molar-refractivity contribution < 1.29 is 5.11 Å². The molecule has 0 aliphatic carbocycles. The molecule has 0 saturated carbocycles. The number of aliphatic hydroxyl groups is 1. The highest BCUT2D eigenvalue weighted by molar-refractivity contribution is 5.49. The van der Waals surface area contributed by atoms with E-state index in [2.05, 4.69) is 21.9 Å². The molecule has 6 heteroatoms. The van der Waals surface area contributed by atoms with E-state index in [0.29, 0.717) is 23.5 Å². The lowest BCUT2D eigenvalue weighted by Crippen LogP contribution is -2.19. The zero-order valence-corrected chi connectivity index (χ0v) is 11.2. The third-order valence-corrected chi connectivity index (χ3v) is 3.00. The average molecular weight is 262 g/mol. The molecule has 2 N–H and O–H groups in total. The van der Waals surface area contributed by atoms with E-state index in [0.717, 1.165) is 18.7 Å². The predicted octanol–water partition coefficient (Wildman–Crippen LogP) is 0.887. The van der Waals surface area contributed by atoms with Gasteiger partial charge < -0.3 is 14.7 Å². The molecule has 102 valence electrons. The number of aromatic nitrogens is 4. The lowest BCUT2D eigenvalue weighted by molar-refractivity contribution is 0.298. The van der Waals surface area contributed by atoms with Crippen LogP contribution < -0.4 is 5.56 Å². The molecule has 2 rings (SSSR count). The molecular weight excluding hydrogens is 244 g/mol. The van der Waals surface area contributed by atoms with E-state index in [1.807, 2.05) is 4.57 Å². The standard InChI is InChI=1S/C13H18N4O2/c1-3-5-17-8-14-7-11(17)12-15-9(2)10(4-6-18)13(19)16-12/h7-8,18H,3-6H2,1-2H3,(H,15,16,19). The fourth-order valence-corrected chi connectivity index (χ4v) is 2.07. The number of hydrogen-bond acceptors (Lipinski definition) is 4. The van der Waals surface area contributed by atoms with Crippen LogP contribution in [0.2, 0.25) is 0 Å². The predicted molar refractivity (Wildman–Crippen MR) is 71.9 cm³/mol. The topological polar surface area (TPSA) is 83.8 Å². The number of H-pyrrole nitrogens is 1. The summed E-state index contributed by atoms with van der Waals surface area (Å²) in [6, 6.07) is 0. The molecule has 0 saturated heterocycles. The Bertz CT molecular complexity index is 615. The van der Waals surface area contributed by atoms with E-state index in [1.54, 1.807) is 19.4 Å². The van der Waals surface area contributed by atoms with Crippen LogP contribution in [-0.4, -0.2) is 31.2 Å². The number of hydrogen-bond donors (Lipinski definition) is 2. The summed E-state index contributed by atoms with van der Waals surface area (Å²) in [5.41, 5.74) is 1.79. The average Bonchev–Trinajstić information content (AvgIpc) is 2.82. The van der Waals surface area contributed by atoms with Crippen molar-refractivity contribution in [3.8, 4) is 11.5 Å². The monoisotopic (exact) mass is 262 g/mol. The van der Waals surface area contributed by atoms with E-state index >= 15 is 0 Å². The van der Waals surface area contributed by atoms with Crippen LogP contribution in [0.25, 0.3) is 11.5 Å². The van der Waals surface area contributed by atoms with E-state index in [-0.39, 0.29) is 12.2 Å². The van der Waals surface area contributed by atoms with Gasteiger partial charge in [-0.1, -0.05) is 6.92 Å². The minimum Gasteiger partial charge on any atom is -0.396 e. The van der Waals surface area contributed by atoms with Gasteiger partial charge in [0.1, 0.15) is 5.69 Å². The molecule has 6 nitrogen and oxygen atoms in total. The Morgan fingerprint density at radius 3 is 2.89 bits per heavy atom. The minimum absolute atomic E-state index is 0.0568. The van der Waals surface area contributed by atoms with E-state index in [9.17, 15) is 4.79 Å². The van der Waals surface area contributed by atoms with Gasteiger partial charge in [-0.2, -0.15) is 0 Å². The summed E-state index contributed by atoms with van der Waals surface area (Å²) < 4.78 is 1.96. The van der Waals surface area contributed by atoms with Gasteiger partial charge in [0, 0.05) is 30.8 Å². The van der Waals surface area contributed by atoms with E-state index < -0.39 is 0 Å². The maximum absolute atomic E-state index is 12.0. The summed E-state index contributed by atoms with van der Waals surface area (Å²) in [6.07, 6.45) is 4.73. The maximum Gasteiger partial charge on any atom is 0.254 e. The van der Waals surface area contributed by atoms with E-state index in [1.165, 1.54) is 0 Å². The summed E-state index contributed by atoms with van der Waals surface area (Å²) >= 11 is 0. The molecule has 0 aromatic carbocycles. The lowest BCUT2D eigenvalue weighted by Gasteiger charge is -2.08. The van der Waals surface area contributed by atoms with Gasteiger partial charge in [-0.15, -0.1) is 0 Å². The molecule has 0 fully saturated rings. The van der Waals surface area contributed by atoms with Crippen molar-refractivity contribution >= 4 is 0 Å². The lowest BCUT2D eigenvalue weighted by atomic mass is 10.2. The largest absolute Gasteiger partial charge is 0.396 e. The molecule has 0 amide bonds. The molecule has 0 unspecified atom stereocenters. The highest BCUT2D eigenvalue weighted by atomic mass is 16.3. The number of aryl methyl sites for hydroxylation is 2. The molecule has 2 aromatic heterocycles. The molecule has 2 aromatic rings. The Labute approximate surface area is 111 Å². The number of nitrogens with zero attached hydrogens (tertiary/aromatic N) is 3. The second-order valence-electron chi connectivity index (χ2n) is 4.42. The maximum atomic E-state index is 12.0. The van der Waals surface area contributed by atoms with Crippen molar-refractivity contribution in [2.75, 3.05) is 6.61 Å². The van der Waals surface area contributed by atoms with Gasteiger partial charge in [0.2, 0.25) is 0 Å². The van der Waals surface area contributed by atoms with Gasteiger partial charge in [-0.3, -0.25) is 4.79 Å². The fourth-order valence-electron chi connectivity index (χ4n) is 2.07. The quantitative estimate of drug-likeness (QED) is 0.838. The molecular formula is C13H18N4O2. The zero-order chi connectivity index (χ0) is 13.8. The summed E-state index contributed by atoms with van der Waals surface area (Å²) in [5, 5.41) is 8.94. The number of aromatic amines is 1. The first kappa shape index (κ1) is 13.5. The first-order valence-corrected chi connectivity index (χ1v) is 6.38. The van der Waals surface area contributed by atoms with Gasteiger partial charge >= 0.3 is 0 Å². The van der Waals surface area contributed by atoms with E-state index in [4.69, 9.17) is 5.11 Å². The van der Waals surface area contributed by atoms with Crippen LogP contribution in [0.5, 0.6) is 0 Å². The second kappa shape index (κ2) is 5.79. The van der Waals surface area contributed by atoms with Crippen LogP contribution in [0.1, 0.15) is 24.6 Å². The number of aliphatic hydroxyl groups excluding tert-OH is 1. The first-order chi connectivity index (χ1) is 9.17. The Balaban J connectivity index is 2.46. The zero-order valence-electron chi connectivity index (χ0n) is 11.2. The summed E-state index contributed by atoms with van der Waals surface area (Å²) in [7, 11) is 0. The van der Waals surface area contributed by atoms with Crippen molar-refractivity contribution in [2.24, 2.45) is 0 Å². The molecule has 19 heavy (non-hydrogen) atoms. The number of imidazole rings is 1. The third-order valence-electron chi connectivity index (χ3n) is 3.00. The van der Waals surface area contributed by atoms with Crippen LogP contribution in [0.3, 0.4) is 0 Å². The van der Waals surface area contributed by atoms with Crippen molar-refractivity contribution in [3.05, 3.63) is 34.1 Å². The molecule has 0 spiro atoms. The van der Waals surface area contributed by atoms with Crippen molar-refractivity contribution in [1.82, 2.24) is 19.5 Å². The Morgan fingerprint density at radius 1 is 1.47 bits per heavy atom. The Hall–Kier alpha value is -1.95. The molecule has 0 bridgehead atoms. The summed E-state index contributed by atoms with van der Waals surface area (Å²) in [4.78, 5) is 23.2. The first-order valence-electron chi connectivity index (χ1n) is 6.38. The number of nitrogens with one attached hydrogen (secondary N) is 1. The van der Waals surface area contributed by atoms with Crippen LogP contribution in [0.4, 0.5) is 0 Å². The van der Waals surface area contributed by atoms with Crippen LogP contribution >= 0.6 is 0 Å². The van der Waals surface area contributed by atoms with Crippen LogP contribution in [-0.2, 0) is 13.0 Å².